The lowest BCUT2D eigenvalue weighted by atomic mass is 9.97. The van der Waals surface area contributed by atoms with Crippen molar-refractivity contribution in [1.82, 2.24) is 5.32 Å². The Morgan fingerprint density at radius 2 is 1.94 bits per heavy atom. The minimum Gasteiger partial charge on any atom is -0.310 e. The van der Waals surface area contributed by atoms with Gasteiger partial charge in [0.1, 0.15) is 0 Å². The third-order valence-electron chi connectivity index (χ3n) is 4.12. The molecule has 0 saturated heterocycles. The van der Waals surface area contributed by atoms with E-state index in [1.54, 1.807) is 0 Å². The molecule has 0 aliphatic heterocycles. The second kappa shape index (κ2) is 5.33. The van der Waals surface area contributed by atoms with Gasteiger partial charge in [-0.25, -0.2) is 0 Å². The summed E-state index contributed by atoms with van der Waals surface area (Å²) in [6, 6.07) is 10.6. The lowest BCUT2D eigenvalue weighted by molar-refractivity contribution is 0.370. The van der Waals surface area contributed by atoms with Gasteiger partial charge in [0.05, 0.1) is 11.6 Å². The zero-order valence-electron chi connectivity index (χ0n) is 10.6. The average Bonchev–Trinajstić information content (AvgIpc) is 2.68. The van der Waals surface area contributed by atoms with Crippen molar-refractivity contribution in [2.45, 2.75) is 39.3 Å². The fourth-order valence-corrected chi connectivity index (χ4v) is 2.60. The summed E-state index contributed by atoms with van der Waals surface area (Å²) in [6.07, 6.45) is 2.63. The molecule has 17 heavy (non-hydrogen) atoms. The summed E-state index contributed by atoms with van der Waals surface area (Å²) in [6.45, 7) is 5.59. The van der Waals surface area contributed by atoms with Crippen LogP contribution in [0.5, 0.6) is 0 Å². The van der Waals surface area contributed by atoms with Gasteiger partial charge in [0.15, 0.2) is 0 Å². The summed E-state index contributed by atoms with van der Waals surface area (Å²) in [4.78, 5) is 0. The SMILES string of the molecule is CC1CCC(NCc2ccc(C#N)cc2)C1C. The molecule has 1 aromatic carbocycles. The molecule has 3 atom stereocenters. The van der Waals surface area contributed by atoms with E-state index in [0.717, 1.165) is 23.9 Å². The number of benzene rings is 1. The highest BCUT2D eigenvalue weighted by Gasteiger charge is 2.28. The van der Waals surface area contributed by atoms with Crippen LogP contribution < -0.4 is 5.32 Å². The van der Waals surface area contributed by atoms with E-state index in [1.807, 2.05) is 24.3 Å². The molecule has 0 bridgehead atoms. The third-order valence-corrected chi connectivity index (χ3v) is 4.12. The van der Waals surface area contributed by atoms with Crippen LogP contribution in [0.2, 0.25) is 0 Å². The zero-order valence-corrected chi connectivity index (χ0v) is 10.6. The number of nitriles is 1. The molecule has 1 fully saturated rings. The second-order valence-corrected chi connectivity index (χ2v) is 5.21. The molecule has 3 unspecified atom stereocenters. The highest BCUT2D eigenvalue weighted by atomic mass is 14.9. The summed E-state index contributed by atoms with van der Waals surface area (Å²) < 4.78 is 0. The minimum atomic E-state index is 0.653. The monoisotopic (exact) mass is 228 g/mol. The normalized spacial score (nSPS) is 27.9. The van der Waals surface area contributed by atoms with E-state index >= 15 is 0 Å². The van der Waals surface area contributed by atoms with Gasteiger partial charge >= 0.3 is 0 Å². The van der Waals surface area contributed by atoms with E-state index in [-0.39, 0.29) is 0 Å². The minimum absolute atomic E-state index is 0.653. The molecule has 1 N–H and O–H groups in total. The van der Waals surface area contributed by atoms with Crippen LogP contribution in [0.1, 0.15) is 37.8 Å². The molecule has 0 spiro atoms. The van der Waals surface area contributed by atoms with Gasteiger partial charge in [-0.05, 0) is 42.4 Å². The van der Waals surface area contributed by atoms with Gasteiger partial charge in [-0.15, -0.1) is 0 Å². The Labute approximate surface area is 104 Å². The predicted molar refractivity (Wildman–Crippen MR) is 69.3 cm³/mol. The molecular weight excluding hydrogens is 208 g/mol. The van der Waals surface area contributed by atoms with Gasteiger partial charge in [-0.2, -0.15) is 5.26 Å². The maximum Gasteiger partial charge on any atom is 0.0991 e. The summed E-state index contributed by atoms with van der Waals surface area (Å²) in [7, 11) is 0. The van der Waals surface area contributed by atoms with Gasteiger partial charge in [0.25, 0.3) is 0 Å². The Morgan fingerprint density at radius 1 is 1.24 bits per heavy atom. The van der Waals surface area contributed by atoms with Crippen molar-refractivity contribution < 1.29 is 0 Å². The number of hydrogen-bond acceptors (Lipinski definition) is 2. The number of rotatable bonds is 3. The predicted octanol–water partition coefficient (Wildman–Crippen LogP) is 3.08. The molecule has 0 amide bonds. The lowest BCUT2D eigenvalue weighted by Crippen LogP contribution is -2.31. The van der Waals surface area contributed by atoms with Gasteiger partial charge < -0.3 is 5.32 Å². The van der Waals surface area contributed by atoms with E-state index in [9.17, 15) is 0 Å². The highest BCUT2D eigenvalue weighted by molar-refractivity contribution is 5.31. The van der Waals surface area contributed by atoms with E-state index in [2.05, 4.69) is 25.2 Å². The standard InChI is InChI=1S/C15H20N2/c1-11-3-8-15(12(11)2)17-10-14-6-4-13(9-16)5-7-14/h4-7,11-12,15,17H,3,8,10H2,1-2H3. The van der Waals surface area contributed by atoms with Crippen molar-refractivity contribution in [2.24, 2.45) is 11.8 Å². The van der Waals surface area contributed by atoms with Crippen LogP contribution in [-0.2, 0) is 6.54 Å². The molecule has 2 nitrogen and oxygen atoms in total. The van der Waals surface area contributed by atoms with Crippen LogP contribution in [-0.4, -0.2) is 6.04 Å². The Bertz CT molecular complexity index is 402. The first-order chi connectivity index (χ1) is 8.20. The maximum absolute atomic E-state index is 8.73. The zero-order chi connectivity index (χ0) is 12.3. The Balaban J connectivity index is 1.88. The van der Waals surface area contributed by atoms with E-state index in [0.29, 0.717) is 6.04 Å². The van der Waals surface area contributed by atoms with Gasteiger partial charge in [-0.3, -0.25) is 0 Å². The molecule has 0 aromatic heterocycles. The van der Waals surface area contributed by atoms with Crippen LogP contribution >= 0.6 is 0 Å². The van der Waals surface area contributed by atoms with Gasteiger partial charge in [-0.1, -0.05) is 26.0 Å². The first kappa shape index (κ1) is 12.1. The van der Waals surface area contributed by atoms with Crippen LogP contribution in [0.4, 0.5) is 0 Å². The average molecular weight is 228 g/mol. The Kier molecular flexibility index (Phi) is 3.81. The van der Waals surface area contributed by atoms with E-state index in [4.69, 9.17) is 5.26 Å². The first-order valence-corrected chi connectivity index (χ1v) is 6.43. The molecule has 1 aliphatic rings. The first-order valence-electron chi connectivity index (χ1n) is 6.43. The fourth-order valence-electron chi connectivity index (χ4n) is 2.60. The fraction of sp³-hybridized carbons (Fsp3) is 0.533. The smallest absolute Gasteiger partial charge is 0.0991 e. The van der Waals surface area contributed by atoms with E-state index in [1.165, 1.54) is 18.4 Å². The summed E-state index contributed by atoms with van der Waals surface area (Å²) >= 11 is 0. The molecule has 1 aromatic rings. The molecule has 1 saturated carbocycles. The van der Waals surface area contributed by atoms with Crippen molar-refractivity contribution in [3.63, 3.8) is 0 Å². The molecule has 0 heterocycles. The van der Waals surface area contributed by atoms with Crippen LogP contribution in [0.3, 0.4) is 0 Å². The number of nitrogens with one attached hydrogen (secondary N) is 1. The largest absolute Gasteiger partial charge is 0.310 e. The molecule has 0 radical (unpaired) electrons. The third kappa shape index (κ3) is 2.87. The number of nitrogens with zero attached hydrogens (tertiary/aromatic N) is 1. The molecule has 2 rings (SSSR count). The van der Waals surface area contributed by atoms with Crippen LogP contribution in [0.15, 0.2) is 24.3 Å². The topological polar surface area (TPSA) is 35.8 Å². The van der Waals surface area contributed by atoms with Crippen LogP contribution in [0, 0.1) is 23.2 Å². The van der Waals surface area contributed by atoms with Crippen molar-refractivity contribution in [1.29, 1.82) is 5.26 Å². The second-order valence-electron chi connectivity index (χ2n) is 5.21. The Hall–Kier alpha value is -1.33. The van der Waals surface area contributed by atoms with Crippen molar-refractivity contribution in [2.75, 3.05) is 0 Å². The van der Waals surface area contributed by atoms with Crippen molar-refractivity contribution in [3.05, 3.63) is 35.4 Å². The lowest BCUT2D eigenvalue weighted by Gasteiger charge is -2.19. The van der Waals surface area contributed by atoms with Crippen molar-refractivity contribution in [3.8, 4) is 6.07 Å². The van der Waals surface area contributed by atoms with Gasteiger partial charge in [0.2, 0.25) is 0 Å². The maximum atomic E-state index is 8.73. The van der Waals surface area contributed by atoms with Crippen LogP contribution in [0.25, 0.3) is 0 Å². The number of hydrogen-bond donors (Lipinski definition) is 1. The van der Waals surface area contributed by atoms with E-state index < -0.39 is 0 Å². The highest BCUT2D eigenvalue weighted by Crippen LogP contribution is 2.31. The van der Waals surface area contributed by atoms with Crippen molar-refractivity contribution >= 4 is 0 Å². The molecule has 90 valence electrons. The molecule has 1 aliphatic carbocycles. The quantitative estimate of drug-likeness (QED) is 0.863. The summed E-state index contributed by atoms with van der Waals surface area (Å²) in [5.41, 5.74) is 1.99. The Morgan fingerprint density at radius 3 is 2.47 bits per heavy atom. The summed E-state index contributed by atoms with van der Waals surface area (Å²) in [5.74, 6) is 1.61. The summed E-state index contributed by atoms with van der Waals surface area (Å²) in [5, 5.41) is 12.4. The van der Waals surface area contributed by atoms with Gasteiger partial charge in [0, 0.05) is 12.6 Å². The molecule has 2 heteroatoms. The molecular formula is C15H20N2.